The predicted octanol–water partition coefficient (Wildman–Crippen LogP) is 1.48. The molecular formula is C16H19N5O3S. The Hall–Kier alpha value is -3.07. The topological polar surface area (TPSA) is 129 Å². The number of nitrogens with two attached hydrogens (primary N) is 1. The Morgan fingerprint density at radius 1 is 1.24 bits per heavy atom. The molecule has 0 saturated carbocycles. The second kappa shape index (κ2) is 8.69. The minimum atomic E-state index is -0.506. The summed E-state index contributed by atoms with van der Waals surface area (Å²) in [5, 5.41) is 15.6. The van der Waals surface area contributed by atoms with Gasteiger partial charge >= 0.3 is 6.03 Å². The predicted molar refractivity (Wildman–Crippen MR) is 97.2 cm³/mol. The molecule has 132 valence electrons. The van der Waals surface area contributed by atoms with Gasteiger partial charge in [-0.2, -0.15) is 0 Å². The van der Waals surface area contributed by atoms with Gasteiger partial charge in [0.1, 0.15) is 11.6 Å². The van der Waals surface area contributed by atoms with Crippen LogP contribution in [0.25, 0.3) is 0 Å². The van der Waals surface area contributed by atoms with Crippen molar-refractivity contribution in [3.63, 3.8) is 0 Å². The molecule has 2 aromatic rings. The van der Waals surface area contributed by atoms with Crippen LogP contribution in [-0.2, 0) is 11.3 Å². The molecule has 1 aromatic heterocycles. The van der Waals surface area contributed by atoms with Crippen molar-refractivity contribution in [2.75, 3.05) is 19.0 Å². The Balaban J connectivity index is 1.73. The minimum Gasteiger partial charge on any atom is -0.497 e. The van der Waals surface area contributed by atoms with E-state index < -0.39 is 6.03 Å². The van der Waals surface area contributed by atoms with Crippen LogP contribution >= 0.6 is 11.3 Å². The van der Waals surface area contributed by atoms with Crippen molar-refractivity contribution in [1.29, 1.82) is 5.41 Å². The third-order valence-corrected chi connectivity index (χ3v) is 4.18. The number of nitrogen functional groups attached to an aromatic ring is 1. The summed E-state index contributed by atoms with van der Waals surface area (Å²) < 4.78 is 5.12. The van der Waals surface area contributed by atoms with Crippen LogP contribution in [0.3, 0.4) is 0 Å². The van der Waals surface area contributed by atoms with E-state index in [1.165, 1.54) is 11.3 Å². The van der Waals surface area contributed by atoms with E-state index in [1.807, 2.05) is 24.3 Å². The molecule has 9 heteroatoms. The molecule has 0 fully saturated rings. The van der Waals surface area contributed by atoms with Crippen LogP contribution < -0.4 is 26.4 Å². The van der Waals surface area contributed by atoms with Crippen LogP contribution in [0.5, 0.6) is 5.75 Å². The Labute approximate surface area is 148 Å². The molecule has 1 heterocycles. The van der Waals surface area contributed by atoms with Crippen LogP contribution in [0.2, 0.25) is 0 Å². The van der Waals surface area contributed by atoms with E-state index in [4.69, 9.17) is 15.9 Å². The first-order chi connectivity index (χ1) is 12.0. The molecule has 0 unspecified atom stereocenters. The standard InChI is InChI=1S/C16H19N5O3S/c1-24-11-4-2-3-10(7-11)8-19-13(22)9-20-16(23)21-14-6-5-12(25-14)15(17)18/h2-7H,8-9H2,1H3,(H3,17,18)(H,19,22)(H2,20,21,23). The van der Waals surface area contributed by atoms with Gasteiger partial charge in [-0.3, -0.25) is 15.5 Å². The molecule has 0 aliphatic heterocycles. The maximum atomic E-state index is 11.8. The number of anilines is 1. The van der Waals surface area contributed by atoms with Gasteiger partial charge in [-0.05, 0) is 29.8 Å². The summed E-state index contributed by atoms with van der Waals surface area (Å²) in [5.74, 6) is 0.342. The quantitative estimate of drug-likeness (QED) is 0.378. The number of urea groups is 1. The number of amides is 3. The van der Waals surface area contributed by atoms with Crippen LogP contribution in [0.15, 0.2) is 36.4 Å². The minimum absolute atomic E-state index is 0.0598. The maximum Gasteiger partial charge on any atom is 0.320 e. The average molecular weight is 361 g/mol. The molecule has 0 atom stereocenters. The monoisotopic (exact) mass is 361 g/mol. The second-order valence-electron chi connectivity index (χ2n) is 5.01. The molecule has 8 nitrogen and oxygen atoms in total. The van der Waals surface area contributed by atoms with Gasteiger partial charge in [-0.25, -0.2) is 4.79 Å². The number of nitrogens with one attached hydrogen (secondary N) is 4. The molecule has 0 radical (unpaired) electrons. The fraction of sp³-hybridized carbons (Fsp3) is 0.188. The van der Waals surface area contributed by atoms with Crippen molar-refractivity contribution in [3.05, 3.63) is 46.8 Å². The molecule has 0 saturated heterocycles. The highest BCUT2D eigenvalue weighted by Crippen LogP contribution is 2.20. The van der Waals surface area contributed by atoms with Gasteiger partial charge in [-0.1, -0.05) is 12.1 Å². The molecule has 0 aliphatic carbocycles. The molecule has 3 amide bonds. The number of benzene rings is 1. The SMILES string of the molecule is COc1cccc(CNC(=O)CNC(=O)Nc2ccc(C(=N)N)s2)c1. The number of rotatable bonds is 7. The van der Waals surface area contributed by atoms with Gasteiger partial charge in [0.05, 0.1) is 23.5 Å². The third kappa shape index (κ3) is 5.81. The number of hydrogen-bond acceptors (Lipinski definition) is 5. The average Bonchev–Trinajstić information content (AvgIpc) is 3.07. The van der Waals surface area contributed by atoms with E-state index in [1.54, 1.807) is 19.2 Å². The van der Waals surface area contributed by atoms with E-state index in [9.17, 15) is 9.59 Å². The first-order valence-corrected chi connectivity index (χ1v) is 8.18. The molecule has 1 aromatic carbocycles. The van der Waals surface area contributed by atoms with Gasteiger partial charge in [0.2, 0.25) is 5.91 Å². The largest absolute Gasteiger partial charge is 0.497 e. The highest BCUT2D eigenvalue weighted by atomic mass is 32.1. The van der Waals surface area contributed by atoms with Crippen molar-refractivity contribution in [3.8, 4) is 5.75 Å². The molecule has 0 aliphatic rings. The van der Waals surface area contributed by atoms with Crippen molar-refractivity contribution in [2.24, 2.45) is 5.73 Å². The lowest BCUT2D eigenvalue weighted by molar-refractivity contribution is -0.120. The number of methoxy groups -OCH3 is 1. The molecular weight excluding hydrogens is 342 g/mol. The summed E-state index contributed by atoms with van der Waals surface area (Å²) in [4.78, 5) is 24.1. The summed E-state index contributed by atoms with van der Waals surface area (Å²) in [6.07, 6.45) is 0. The van der Waals surface area contributed by atoms with Crippen molar-refractivity contribution >= 4 is 34.1 Å². The van der Waals surface area contributed by atoms with E-state index >= 15 is 0 Å². The zero-order valence-electron chi connectivity index (χ0n) is 13.6. The first-order valence-electron chi connectivity index (χ1n) is 7.36. The molecule has 2 rings (SSSR count). The maximum absolute atomic E-state index is 11.8. The second-order valence-corrected chi connectivity index (χ2v) is 6.10. The Bertz CT molecular complexity index is 775. The molecule has 6 N–H and O–H groups in total. The summed E-state index contributed by atoms with van der Waals surface area (Å²) >= 11 is 1.18. The zero-order chi connectivity index (χ0) is 18.2. The van der Waals surface area contributed by atoms with E-state index in [0.717, 1.165) is 5.56 Å². The number of hydrogen-bond donors (Lipinski definition) is 5. The highest BCUT2D eigenvalue weighted by Gasteiger charge is 2.08. The number of ether oxygens (including phenoxy) is 1. The molecule has 0 spiro atoms. The van der Waals surface area contributed by atoms with Crippen LogP contribution in [-0.4, -0.2) is 31.4 Å². The van der Waals surface area contributed by atoms with Crippen LogP contribution in [0.4, 0.5) is 9.80 Å². The number of carbonyl (C=O) groups is 2. The van der Waals surface area contributed by atoms with E-state index in [2.05, 4.69) is 16.0 Å². The summed E-state index contributed by atoms with van der Waals surface area (Å²) in [6.45, 7) is 0.187. The fourth-order valence-corrected chi connectivity index (χ4v) is 2.67. The first kappa shape index (κ1) is 18.3. The Morgan fingerprint density at radius 2 is 2.04 bits per heavy atom. The third-order valence-electron chi connectivity index (χ3n) is 3.14. The van der Waals surface area contributed by atoms with Crippen molar-refractivity contribution in [1.82, 2.24) is 10.6 Å². The number of carbonyl (C=O) groups excluding carboxylic acids is 2. The molecule has 0 bridgehead atoms. The van der Waals surface area contributed by atoms with Crippen LogP contribution in [0, 0.1) is 5.41 Å². The lowest BCUT2D eigenvalue weighted by Gasteiger charge is -2.08. The van der Waals surface area contributed by atoms with Gasteiger partial charge in [0.25, 0.3) is 0 Å². The van der Waals surface area contributed by atoms with Crippen molar-refractivity contribution in [2.45, 2.75) is 6.54 Å². The fourth-order valence-electron chi connectivity index (χ4n) is 1.91. The summed E-state index contributed by atoms with van der Waals surface area (Å²) in [5.41, 5.74) is 6.26. The van der Waals surface area contributed by atoms with Gasteiger partial charge in [0, 0.05) is 6.54 Å². The zero-order valence-corrected chi connectivity index (χ0v) is 14.4. The summed E-state index contributed by atoms with van der Waals surface area (Å²) in [7, 11) is 1.58. The van der Waals surface area contributed by atoms with Crippen molar-refractivity contribution < 1.29 is 14.3 Å². The van der Waals surface area contributed by atoms with Gasteiger partial charge in [0.15, 0.2) is 0 Å². The lowest BCUT2D eigenvalue weighted by atomic mass is 10.2. The van der Waals surface area contributed by atoms with Crippen LogP contribution in [0.1, 0.15) is 10.4 Å². The number of thiophene rings is 1. The van der Waals surface area contributed by atoms with Gasteiger partial charge < -0.3 is 21.1 Å². The lowest BCUT2D eigenvalue weighted by Crippen LogP contribution is -2.38. The van der Waals surface area contributed by atoms with Gasteiger partial charge in [-0.15, -0.1) is 11.3 Å². The highest BCUT2D eigenvalue weighted by molar-refractivity contribution is 7.18. The number of amidine groups is 1. The van der Waals surface area contributed by atoms with E-state index in [0.29, 0.717) is 22.2 Å². The Kier molecular flexibility index (Phi) is 6.35. The summed E-state index contributed by atoms with van der Waals surface area (Å²) in [6, 6.07) is 10.1. The molecule has 25 heavy (non-hydrogen) atoms. The smallest absolute Gasteiger partial charge is 0.320 e. The van der Waals surface area contributed by atoms with E-state index in [-0.39, 0.29) is 18.3 Å². The Morgan fingerprint density at radius 3 is 2.72 bits per heavy atom. The normalized spacial score (nSPS) is 9.96.